The zero-order valence-corrected chi connectivity index (χ0v) is 9.18. The summed E-state index contributed by atoms with van der Waals surface area (Å²) in [4.78, 5) is 0. The Hall–Kier alpha value is -0.900. The van der Waals surface area contributed by atoms with Crippen LogP contribution in [-0.4, -0.2) is 15.7 Å². The fourth-order valence-electron chi connectivity index (χ4n) is 1.04. The van der Waals surface area contributed by atoms with Crippen molar-refractivity contribution < 1.29 is 8.60 Å². The van der Waals surface area contributed by atoms with E-state index in [1.165, 1.54) is 6.07 Å². The predicted octanol–water partition coefficient (Wildman–Crippen LogP) is 2.97. The standard InChI is InChI=1S/C10H14FNOS/c1-3-14(13,4-2)12-10-8-6-5-7-9(10)11/h5-8H,3-4H2,1-2H3. The molecule has 0 atom stereocenters. The van der Waals surface area contributed by atoms with Crippen molar-refractivity contribution in [3.05, 3.63) is 30.1 Å². The van der Waals surface area contributed by atoms with E-state index in [-0.39, 0.29) is 5.69 Å². The molecule has 78 valence electrons. The largest absolute Gasteiger partial charge is 0.249 e. The van der Waals surface area contributed by atoms with E-state index in [9.17, 15) is 8.60 Å². The molecule has 0 heterocycles. The fraction of sp³-hybridized carbons (Fsp3) is 0.400. The van der Waals surface area contributed by atoms with Crippen molar-refractivity contribution in [1.29, 1.82) is 0 Å². The van der Waals surface area contributed by atoms with Crippen molar-refractivity contribution in [3.63, 3.8) is 0 Å². The molecular weight excluding hydrogens is 201 g/mol. The molecule has 1 rings (SSSR count). The monoisotopic (exact) mass is 215 g/mol. The van der Waals surface area contributed by atoms with Gasteiger partial charge < -0.3 is 0 Å². The molecule has 0 bridgehead atoms. The Kier molecular flexibility index (Phi) is 3.63. The minimum absolute atomic E-state index is 0.196. The minimum Gasteiger partial charge on any atom is -0.249 e. The maximum Gasteiger partial charge on any atom is 0.149 e. The number of rotatable bonds is 3. The summed E-state index contributed by atoms with van der Waals surface area (Å²) in [6.45, 7) is 3.60. The van der Waals surface area contributed by atoms with E-state index in [2.05, 4.69) is 4.36 Å². The summed E-state index contributed by atoms with van der Waals surface area (Å²) in [5.41, 5.74) is 0.196. The molecule has 0 saturated heterocycles. The first kappa shape index (κ1) is 11.2. The predicted molar refractivity (Wildman–Crippen MR) is 57.7 cm³/mol. The van der Waals surface area contributed by atoms with E-state index < -0.39 is 15.5 Å². The molecule has 0 amide bonds. The number of benzene rings is 1. The second-order valence-electron chi connectivity index (χ2n) is 2.89. The van der Waals surface area contributed by atoms with E-state index in [4.69, 9.17) is 0 Å². The highest BCUT2D eigenvalue weighted by molar-refractivity contribution is 7.93. The topological polar surface area (TPSA) is 29.4 Å². The van der Waals surface area contributed by atoms with Gasteiger partial charge in [0.2, 0.25) is 0 Å². The van der Waals surface area contributed by atoms with Gasteiger partial charge in [-0.2, -0.15) is 4.36 Å². The van der Waals surface area contributed by atoms with Gasteiger partial charge in [0.25, 0.3) is 0 Å². The first-order valence-electron chi connectivity index (χ1n) is 4.58. The van der Waals surface area contributed by atoms with Gasteiger partial charge in [0.1, 0.15) is 11.5 Å². The zero-order chi connectivity index (χ0) is 10.6. The van der Waals surface area contributed by atoms with Gasteiger partial charge in [-0.05, 0) is 12.1 Å². The Morgan fingerprint density at radius 2 is 1.86 bits per heavy atom. The average molecular weight is 215 g/mol. The summed E-state index contributed by atoms with van der Waals surface area (Å²) < 4.78 is 29.1. The van der Waals surface area contributed by atoms with Gasteiger partial charge in [0.15, 0.2) is 0 Å². The van der Waals surface area contributed by atoms with Crippen molar-refractivity contribution in [2.75, 3.05) is 11.5 Å². The molecule has 0 aliphatic heterocycles. The van der Waals surface area contributed by atoms with Crippen LogP contribution in [0.25, 0.3) is 0 Å². The number of nitrogens with zero attached hydrogens (tertiary/aromatic N) is 1. The molecule has 0 radical (unpaired) electrons. The SMILES string of the molecule is CCS(=O)(CC)=Nc1ccccc1F. The van der Waals surface area contributed by atoms with Crippen LogP contribution in [0.5, 0.6) is 0 Å². The summed E-state index contributed by atoms with van der Waals surface area (Å²) >= 11 is 0. The van der Waals surface area contributed by atoms with Crippen LogP contribution in [0.15, 0.2) is 28.6 Å². The molecule has 0 N–H and O–H groups in total. The molecule has 0 unspecified atom stereocenters. The molecule has 0 saturated carbocycles. The van der Waals surface area contributed by atoms with Crippen LogP contribution >= 0.6 is 0 Å². The normalized spacial score (nSPS) is 11.4. The van der Waals surface area contributed by atoms with Crippen LogP contribution in [0.4, 0.5) is 10.1 Å². The lowest BCUT2D eigenvalue weighted by Gasteiger charge is -2.04. The minimum atomic E-state index is -2.26. The Bertz CT molecular complexity index is 412. The van der Waals surface area contributed by atoms with E-state index in [1.54, 1.807) is 32.0 Å². The summed E-state index contributed by atoms with van der Waals surface area (Å²) in [7, 11) is -2.26. The van der Waals surface area contributed by atoms with Crippen molar-refractivity contribution in [2.45, 2.75) is 13.8 Å². The summed E-state index contributed by atoms with van der Waals surface area (Å²) in [6.07, 6.45) is 0. The molecule has 1 aromatic rings. The smallest absolute Gasteiger partial charge is 0.149 e. The first-order valence-corrected chi connectivity index (χ1v) is 6.43. The van der Waals surface area contributed by atoms with E-state index in [1.807, 2.05) is 0 Å². The summed E-state index contributed by atoms with van der Waals surface area (Å²) in [5.74, 6) is 0.498. The lowest BCUT2D eigenvalue weighted by molar-refractivity contribution is 0.629. The maximum absolute atomic E-state index is 13.2. The molecule has 0 aromatic heterocycles. The lowest BCUT2D eigenvalue weighted by Crippen LogP contribution is -2.05. The van der Waals surface area contributed by atoms with Crippen molar-refractivity contribution >= 4 is 15.4 Å². The van der Waals surface area contributed by atoms with Crippen molar-refractivity contribution in [1.82, 2.24) is 0 Å². The van der Waals surface area contributed by atoms with Crippen LogP contribution in [-0.2, 0) is 9.73 Å². The third-order valence-electron chi connectivity index (χ3n) is 2.02. The third-order valence-corrected chi connectivity index (χ3v) is 4.35. The second-order valence-corrected chi connectivity index (χ2v) is 5.78. The fourth-order valence-corrected chi connectivity index (χ4v) is 2.21. The van der Waals surface area contributed by atoms with E-state index >= 15 is 0 Å². The molecule has 0 fully saturated rings. The number of hydrogen-bond acceptors (Lipinski definition) is 2. The summed E-state index contributed by atoms with van der Waals surface area (Å²) in [5, 5.41) is 0. The Morgan fingerprint density at radius 1 is 1.29 bits per heavy atom. The highest BCUT2D eigenvalue weighted by atomic mass is 32.2. The second kappa shape index (κ2) is 4.55. The number of halogens is 1. The van der Waals surface area contributed by atoms with Gasteiger partial charge in [-0.15, -0.1) is 0 Å². The Labute approximate surface area is 84.3 Å². The van der Waals surface area contributed by atoms with Gasteiger partial charge in [-0.3, -0.25) is 0 Å². The van der Waals surface area contributed by atoms with Crippen LogP contribution in [0.2, 0.25) is 0 Å². The van der Waals surface area contributed by atoms with E-state index in [0.717, 1.165) is 0 Å². The summed E-state index contributed by atoms with van der Waals surface area (Å²) in [6, 6.07) is 6.14. The molecule has 0 spiro atoms. The highest BCUT2D eigenvalue weighted by Gasteiger charge is 2.05. The van der Waals surface area contributed by atoms with Gasteiger partial charge in [-0.1, -0.05) is 26.0 Å². The maximum atomic E-state index is 13.2. The van der Waals surface area contributed by atoms with Gasteiger partial charge in [0.05, 0.1) is 9.73 Å². The quantitative estimate of drug-likeness (QED) is 0.762. The van der Waals surface area contributed by atoms with Gasteiger partial charge in [-0.25, -0.2) is 8.60 Å². The van der Waals surface area contributed by atoms with Crippen LogP contribution in [0, 0.1) is 5.82 Å². The van der Waals surface area contributed by atoms with Crippen LogP contribution in [0.1, 0.15) is 13.8 Å². The first-order chi connectivity index (χ1) is 6.61. The Balaban J connectivity index is 3.21. The van der Waals surface area contributed by atoms with Crippen molar-refractivity contribution in [3.8, 4) is 0 Å². The third kappa shape index (κ3) is 2.54. The molecular formula is C10H14FNOS. The van der Waals surface area contributed by atoms with Gasteiger partial charge >= 0.3 is 0 Å². The number of hydrogen-bond donors (Lipinski definition) is 0. The van der Waals surface area contributed by atoms with Crippen LogP contribution in [0.3, 0.4) is 0 Å². The molecule has 14 heavy (non-hydrogen) atoms. The Morgan fingerprint density at radius 3 is 2.36 bits per heavy atom. The molecule has 0 aliphatic carbocycles. The molecule has 4 heteroatoms. The van der Waals surface area contributed by atoms with Crippen molar-refractivity contribution in [2.24, 2.45) is 4.36 Å². The lowest BCUT2D eigenvalue weighted by atomic mass is 10.3. The molecule has 1 aromatic carbocycles. The van der Waals surface area contributed by atoms with Gasteiger partial charge in [0, 0.05) is 11.5 Å². The molecule has 2 nitrogen and oxygen atoms in total. The highest BCUT2D eigenvalue weighted by Crippen LogP contribution is 2.19. The molecule has 0 aliphatic rings. The van der Waals surface area contributed by atoms with Crippen LogP contribution < -0.4 is 0 Å². The average Bonchev–Trinajstić information content (AvgIpc) is 2.21. The van der Waals surface area contributed by atoms with E-state index in [0.29, 0.717) is 11.5 Å². The zero-order valence-electron chi connectivity index (χ0n) is 8.37.